The first kappa shape index (κ1) is 101. The quantitative estimate of drug-likeness (QED) is 0.0409. The van der Waals surface area contributed by atoms with E-state index in [1.54, 1.807) is 41.3 Å². The molecule has 2 N–H and O–H groups in total. The Morgan fingerprint density at radius 2 is 0.570 bits per heavy atom. The molecule has 4 saturated heterocycles. The van der Waals surface area contributed by atoms with E-state index in [1.165, 1.54) is 47.6 Å². The summed E-state index contributed by atoms with van der Waals surface area (Å²) in [4.78, 5) is 72.5. The Kier molecular flexibility index (Phi) is 37.2. The molecule has 0 aliphatic carbocycles. The molecule has 0 aromatic heterocycles. The molecule has 135 heavy (non-hydrogen) atoms. The normalized spacial score (nSPS) is 17.9. The second-order valence-corrected chi connectivity index (χ2v) is 34.7. The molecule has 0 spiro atoms. The number of ether oxygens (including phenoxy) is 11. The Hall–Kier alpha value is -13.1. The van der Waals surface area contributed by atoms with Gasteiger partial charge in [-0.25, -0.2) is 19.2 Å². The minimum absolute atomic E-state index is 0. The first-order valence-corrected chi connectivity index (χ1v) is 45.4. The first-order chi connectivity index (χ1) is 64.3. The fourth-order valence-corrected chi connectivity index (χ4v) is 16.6. The summed E-state index contributed by atoms with van der Waals surface area (Å²) in [7, 11) is 2.72. The van der Waals surface area contributed by atoms with E-state index in [1.807, 2.05) is 154 Å². The highest BCUT2D eigenvalue weighted by Crippen LogP contribution is 2.41. The lowest BCUT2D eigenvalue weighted by Crippen LogP contribution is -2.49. The lowest BCUT2D eigenvalue weighted by Gasteiger charge is -2.35. The third-order valence-electron chi connectivity index (χ3n) is 24.1. The predicted octanol–water partition coefficient (Wildman–Crippen LogP) is 18.6. The molecule has 0 radical (unpaired) electrons. The van der Waals surface area contributed by atoms with Gasteiger partial charge >= 0.3 is 24.0 Å². The summed E-state index contributed by atoms with van der Waals surface area (Å²) < 4.78 is 62.5. The third-order valence-corrected chi connectivity index (χ3v) is 24.1. The average molecular weight is 1840 g/mol. The number of aldehydes is 1. The molecule has 4 atom stereocenters. The van der Waals surface area contributed by atoms with E-state index < -0.39 is 17.5 Å². The van der Waals surface area contributed by atoms with Crippen LogP contribution in [0, 0.1) is 0 Å². The number of benzene rings is 11. The van der Waals surface area contributed by atoms with E-state index in [-0.39, 0.29) is 58.8 Å². The highest BCUT2D eigenvalue weighted by atomic mass is 16.6. The number of carbonyl (C=O) groups excluding carboxylic acids is 4. The van der Waals surface area contributed by atoms with Crippen LogP contribution in [0.3, 0.4) is 0 Å². The number of hydrogen-bond acceptors (Lipinski definition) is 23. The average Bonchev–Trinajstić information content (AvgIpc) is 0.825. The van der Waals surface area contributed by atoms with Gasteiger partial charge in [-0.2, -0.15) is 0 Å². The van der Waals surface area contributed by atoms with Gasteiger partial charge in [0.1, 0.15) is 38.3 Å². The number of esters is 2. The Labute approximate surface area is 795 Å². The number of hydrogen-bond donors (Lipinski definition) is 2. The maximum Gasteiger partial charge on any atom is 0.410 e. The molecule has 19 rings (SSSR count). The number of para-hydroxylation sites is 8. The number of aromatic carboxylic acids is 1. The van der Waals surface area contributed by atoms with Gasteiger partial charge in [-0.1, -0.05) is 204 Å². The van der Waals surface area contributed by atoms with Crippen LogP contribution in [0.15, 0.2) is 267 Å². The SMILES string of the molecule is C.C.C.CC(C)(C)OC(=O)N1CCN(Cc2ccc([C@H]3COc4ccccc4O3)cc2)CC1.COC(=O)c1ccc(C=O)cc1.COC(=O)c1ccc(CN2CCN(Cc3ccc([C@H]4COc5ccccc5O4)cc3)CC2)cc1.O=C(O)c1ccc(CN2CCN(Cc3ccc([C@H]4COc5ccccc5O4)cc3)CC2)cc1.c1ccc2c(c1)OC[C@H](c1ccc(CN3CCNCC3)cc1)O2. The summed E-state index contributed by atoms with van der Waals surface area (Å²) in [5.74, 6) is 4.91. The molecule has 0 bridgehead atoms. The molecule has 8 heterocycles. The Morgan fingerprint density at radius 1 is 0.333 bits per heavy atom. The van der Waals surface area contributed by atoms with Crippen LogP contribution in [-0.4, -0.2) is 221 Å². The fourth-order valence-electron chi connectivity index (χ4n) is 16.6. The summed E-state index contributed by atoms with van der Waals surface area (Å²) in [5.41, 5.74) is 13.6. The van der Waals surface area contributed by atoms with Crippen LogP contribution < -0.4 is 43.2 Å². The van der Waals surface area contributed by atoms with Crippen molar-refractivity contribution in [2.24, 2.45) is 0 Å². The van der Waals surface area contributed by atoms with E-state index in [0.29, 0.717) is 61.8 Å². The number of nitrogens with zero attached hydrogens (tertiary/aromatic N) is 7. The molecule has 25 nitrogen and oxygen atoms in total. The highest BCUT2D eigenvalue weighted by Gasteiger charge is 2.31. The minimum atomic E-state index is -0.881. The van der Waals surface area contributed by atoms with Crippen molar-refractivity contribution >= 4 is 30.3 Å². The monoisotopic (exact) mass is 1830 g/mol. The number of carbonyl (C=O) groups is 5. The molecule has 11 aromatic carbocycles. The van der Waals surface area contributed by atoms with E-state index in [4.69, 9.17) is 52.5 Å². The largest absolute Gasteiger partial charge is 0.485 e. The van der Waals surface area contributed by atoms with Gasteiger partial charge in [-0.05, 0) is 161 Å². The van der Waals surface area contributed by atoms with Gasteiger partial charge in [0.05, 0.1) is 30.9 Å². The van der Waals surface area contributed by atoms with Crippen LogP contribution in [0.25, 0.3) is 0 Å². The van der Waals surface area contributed by atoms with Gasteiger partial charge in [-0.15, -0.1) is 0 Å². The van der Waals surface area contributed by atoms with Crippen molar-refractivity contribution in [3.63, 3.8) is 0 Å². The van der Waals surface area contributed by atoms with E-state index in [9.17, 15) is 24.0 Å². The number of methoxy groups -OCH3 is 2. The number of piperazine rings is 4. The molecule has 0 saturated carbocycles. The van der Waals surface area contributed by atoms with Crippen LogP contribution in [0.1, 0.15) is 165 Å². The number of amides is 1. The molecule has 712 valence electrons. The Balaban J connectivity index is 0.000000155. The Morgan fingerprint density at radius 3 is 0.822 bits per heavy atom. The molecule has 1 amide bonds. The van der Waals surface area contributed by atoms with Crippen molar-refractivity contribution in [1.29, 1.82) is 0 Å². The van der Waals surface area contributed by atoms with Crippen molar-refractivity contribution in [2.45, 2.75) is 112 Å². The second-order valence-electron chi connectivity index (χ2n) is 34.7. The fraction of sp³-hybridized carbons (Fsp3) is 0.355. The maximum absolute atomic E-state index is 12.2. The summed E-state index contributed by atoms with van der Waals surface area (Å²) >= 11 is 0. The van der Waals surface area contributed by atoms with Gasteiger partial charge in [0.2, 0.25) is 0 Å². The van der Waals surface area contributed by atoms with Crippen LogP contribution >= 0.6 is 0 Å². The smallest absolute Gasteiger partial charge is 0.410 e. The molecule has 25 heteroatoms. The zero-order valence-corrected chi connectivity index (χ0v) is 75.8. The predicted molar refractivity (Wildman–Crippen MR) is 524 cm³/mol. The summed E-state index contributed by atoms with van der Waals surface area (Å²) in [6, 6.07) is 87.0. The van der Waals surface area contributed by atoms with Crippen LogP contribution in [0.2, 0.25) is 0 Å². The van der Waals surface area contributed by atoms with Gasteiger partial charge < -0.3 is 67.4 Å². The van der Waals surface area contributed by atoms with E-state index in [2.05, 4.69) is 137 Å². The summed E-state index contributed by atoms with van der Waals surface area (Å²) in [6.45, 7) is 29.1. The lowest BCUT2D eigenvalue weighted by molar-refractivity contribution is 0.0138. The van der Waals surface area contributed by atoms with Gasteiger partial charge in [0.15, 0.2) is 70.4 Å². The second kappa shape index (κ2) is 49.7. The molecule has 8 aliphatic heterocycles. The van der Waals surface area contributed by atoms with Gasteiger partial charge in [0.25, 0.3) is 0 Å². The maximum atomic E-state index is 12.2. The van der Waals surface area contributed by atoms with Crippen LogP contribution in [0.4, 0.5) is 4.79 Å². The van der Waals surface area contributed by atoms with Crippen molar-refractivity contribution in [3.8, 4) is 46.0 Å². The zero-order chi connectivity index (χ0) is 91.6. The summed E-state index contributed by atoms with van der Waals surface area (Å²) in [6.07, 6.45) is 0.226. The standard InChI is InChI=1S/C28H30N2O4.C27H28N2O4.C24H30N2O4.C19H22N2O2.C9H8O3.3CH4/c1-32-28(31)24-12-8-22(9-13-24)19-30-16-14-29(15-17-30)18-21-6-10-23(11-7-21)27-20-33-25-4-2-3-5-26(25)34-27;30-27(31)23-11-7-21(8-12-23)18-29-15-13-28(14-16-29)17-20-5-9-22(10-6-20)26-19-32-24-3-1-2-4-25(24)33-26;1-24(2,3)30-23(27)26-14-12-25(13-15-26)16-18-8-10-19(11-9-18)22-17-28-20-6-4-5-7-21(20)29-22;1-2-4-18-17(3-1)22-14-19(23-18)16-7-5-15(6-8-16)13-21-11-9-20-10-12-21;1-12-9(11)8-4-2-7(6-10)3-5-8;;;/h2-13,27H,14-20H2,1H3;1-12,26H,13-19H2,(H,30,31);4-11,22H,12-17H2,1-3H3;1-8,19-20H,9-14H2;2-6H,1H3;3*1H4/t27-;26-;22-;19-;;;;/m1111..../s1. The molecule has 11 aromatic rings. The van der Waals surface area contributed by atoms with Gasteiger partial charge in [-0.3, -0.25) is 34.2 Å². The number of nitrogens with one attached hydrogen (secondary N) is 1. The van der Waals surface area contributed by atoms with Crippen molar-refractivity contribution < 1.29 is 81.2 Å². The van der Waals surface area contributed by atoms with E-state index >= 15 is 0 Å². The molecular weight excluding hydrogens is 1710 g/mol. The molecular formula is C110H130N8O17. The highest BCUT2D eigenvalue weighted by molar-refractivity contribution is 5.90. The van der Waals surface area contributed by atoms with Crippen molar-refractivity contribution in [1.82, 2.24) is 39.6 Å². The number of carboxylic acid groups (broad SMARTS) is 1. The first-order valence-electron chi connectivity index (χ1n) is 45.4. The minimum Gasteiger partial charge on any atom is -0.485 e. The molecule has 8 aliphatic rings. The number of carboxylic acids is 1. The lowest BCUT2D eigenvalue weighted by atomic mass is 10.1. The molecule has 4 fully saturated rings. The number of fused-ring (bicyclic) bond motifs is 4. The topological polar surface area (TPSA) is 242 Å². The number of rotatable bonds is 20. The van der Waals surface area contributed by atoms with E-state index in [0.717, 1.165) is 205 Å². The van der Waals surface area contributed by atoms with Crippen molar-refractivity contribution in [3.05, 3.63) is 345 Å². The third kappa shape index (κ3) is 29.2. The zero-order valence-electron chi connectivity index (χ0n) is 75.8. The van der Waals surface area contributed by atoms with Crippen LogP contribution in [0.5, 0.6) is 46.0 Å². The van der Waals surface area contributed by atoms with Crippen molar-refractivity contribution in [2.75, 3.05) is 145 Å². The Bertz CT molecular complexity index is 5540. The van der Waals surface area contributed by atoms with Gasteiger partial charge in [0, 0.05) is 150 Å². The summed E-state index contributed by atoms with van der Waals surface area (Å²) in [5, 5.41) is 12.4. The van der Waals surface area contributed by atoms with Crippen LogP contribution in [-0.2, 0) is 53.5 Å². The molecule has 0 unspecified atom stereocenters.